The van der Waals surface area contributed by atoms with Gasteiger partial charge < -0.3 is 9.47 Å². The van der Waals surface area contributed by atoms with Crippen LogP contribution < -0.4 is 9.47 Å². The summed E-state index contributed by atoms with van der Waals surface area (Å²) in [6.07, 6.45) is 0. The molecule has 0 atom stereocenters. The second kappa shape index (κ2) is 6.47. The van der Waals surface area contributed by atoms with Crippen molar-refractivity contribution in [1.29, 1.82) is 0 Å². The van der Waals surface area contributed by atoms with E-state index in [2.05, 4.69) is 0 Å². The van der Waals surface area contributed by atoms with Gasteiger partial charge in [0.25, 0.3) is 5.69 Å². The van der Waals surface area contributed by atoms with Crippen molar-refractivity contribution in [2.45, 2.75) is 0 Å². The second-order valence-corrected chi connectivity index (χ2v) is 3.94. The molecule has 6 nitrogen and oxygen atoms in total. The number of para-hydroxylation sites is 1. The van der Waals surface area contributed by atoms with Gasteiger partial charge in [0.2, 0.25) is 0 Å². The molecule has 7 heteroatoms. The molecule has 0 aliphatic heterocycles. The molecule has 0 aliphatic rings. The average molecular weight is 291 g/mol. The van der Waals surface area contributed by atoms with E-state index in [1.165, 1.54) is 42.5 Å². The van der Waals surface area contributed by atoms with Crippen LogP contribution in [0.5, 0.6) is 11.5 Å². The number of halogens is 1. The molecule has 0 aromatic heterocycles. The number of benzene rings is 2. The van der Waals surface area contributed by atoms with E-state index >= 15 is 0 Å². The van der Waals surface area contributed by atoms with Crippen molar-refractivity contribution in [2.75, 3.05) is 6.61 Å². The summed E-state index contributed by atoms with van der Waals surface area (Å²) in [5.74, 6) is -1.24. The molecule has 0 amide bonds. The fraction of sp³-hybridized carbons (Fsp3) is 0.0714. The fourth-order valence-corrected chi connectivity index (χ4v) is 1.50. The Morgan fingerprint density at radius 1 is 1.14 bits per heavy atom. The molecule has 0 spiro atoms. The lowest BCUT2D eigenvalue weighted by atomic mass is 10.3. The number of carbonyl (C=O) groups is 1. The zero-order chi connectivity index (χ0) is 15.2. The summed E-state index contributed by atoms with van der Waals surface area (Å²) >= 11 is 0. The summed E-state index contributed by atoms with van der Waals surface area (Å²) in [5.41, 5.74) is -0.114. The number of rotatable bonds is 5. The lowest BCUT2D eigenvalue weighted by molar-refractivity contribution is -0.384. The second-order valence-electron chi connectivity index (χ2n) is 3.94. The summed E-state index contributed by atoms with van der Waals surface area (Å²) in [6.45, 7) is -0.474. The van der Waals surface area contributed by atoms with Crippen molar-refractivity contribution in [2.24, 2.45) is 0 Å². The van der Waals surface area contributed by atoms with Gasteiger partial charge in [0.05, 0.1) is 4.92 Å². The third-order valence-electron chi connectivity index (χ3n) is 2.46. The van der Waals surface area contributed by atoms with Crippen molar-refractivity contribution in [1.82, 2.24) is 0 Å². The van der Waals surface area contributed by atoms with Gasteiger partial charge in [-0.3, -0.25) is 10.1 Å². The van der Waals surface area contributed by atoms with Crippen LogP contribution in [0.15, 0.2) is 48.5 Å². The number of nitro benzene ring substituents is 1. The predicted molar refractivity (Wildman–Crippen MR) is 70.6 cm³/mol. The third kappa shape index (κ3) is 4.00. The molecule has 21 heavy (non-hydrogen) atoms. The fourth-order valence-electron chi connectivity index (χ4n) is 1.50. The zero-order valence-electron chi connectivity index (χ0n) is 10.7. The maximum atomic E-state index is 13.2. The smallest absolute Gasteiger partial charge is 0.349 e. The molecule has 2 rings (SSSR count). The van der Waals surface area contributed by atoms with Gasteiger partial charge in [-0.1, -0.05) is 12.1 Å². The highest BCUT2D eigenvalue weighted by molar-refractivity contribution is 5.74. The first-order valence-corrected chi connectivity index (χ1v) is 5.89. The minimum absolute atomic E-state index is 0.0573. The minimum Gasteiger partial charge on any atom is -0.479 e. The first-order valence-electron chi connectivity index (χ1n) is 5.89. The molecule has 0 heterocycles. The van der Waals surface area contributed by atoms with E-state index < -0.39 is 23.3 Å². The Bertz CT molecular complexity index is 657. The van der Waals surface area contributed by atoms with Crippen LogP contribution >= 0.6 is 0 Å². The van der Waals surface area contributed by atoms with Gasteiger partial charge in [-0.05, 0) is 24.3 Å². The molecule has 0 unspecified atom stereocenters. The van der Waals surface area contributed by atoms with Gasteiger partial charge in [-0.15, -0.1) is 0 Å². The number of nitro groups is 1. The molecule has 0 fully saturated rings. The van der Waals surface area contributed by atoms with Gasteiger partial charge in [-0.2, -0.15) is 0 Å². The Balaban J connectivity index is 1.90. The molecular formula is C14H10FNO5. The van der Waals surface area contributed by atoms with Gasteiger partial charge in [0.1, 0.15) is 5.75 Å². The molecule has 0 saturated heterocycles. The average Bonchev–Trinajstić information content (AvgIpc) is 2.47. The molecule has 2 aromatic carbocycles. The van der Waals surface area contributed by atoms with E-state index in [1.54, 1.807) is 6.07 Å². The Morgan fingerprint density at radius 3 is 2.43 bits per heavy atom. The van der Waals surface area contributed by atoms with E-state index in [4.69, 9.17) is 9.47 Å². The van der Waals surface area contributed by atoms with Crippen molar-refractivity contribution in [3.8, 4) is 11.5 Å². The van der Waals surface area contributed by atoms with Crippen molar-refractivity contribution >= 4 is 11.7 Å². The van der Waals surface area contributed by atoms with Crippen molar-refractivity contribution in [3.05, 3.63) is 64.5 Å². The van der Waals surface area contributed by atoms with Gasteiger partial charge in [0.15, 0.2) is 18.2 Å². The number of nitrogens with zero attached hydrogens (tertiary/aromatic N) is 1. The highest BCUT2D eigenvalue weighted by atomic mass is 19.1. The van der Waals surface area contributed by atoms with Gasteiger partial charge in [0, 0.05) is 12.1 Å². The summed E-state index contributed by atoms with van der Waals surface area (Å²) in [7, 11) is 0. The van der Waals surface area contributed by atoms with Gasteiger partial charge >= 0.3 is 5.97 Å². The summed E-state index contributed by atoms with van der Waals surface area (Å²) in [6, 6.07) is 10.7. The highest BCUT2D eigenvalue weighted by Gasteiger charge is 2.10. The lowest BCUT2D eigenvalue weighted by Gasteiger charge is -2.07. The monoisotopic (exact) mass is 291 g/mol. The first-order chi connectivity index (χ1) is 10.1. The number of esters is 1. The summed E-state index contributed by atoms with van der Waals surface area (Å²) < 4.78 is 23.1. The summed E-state index contributed by atoms with van der Waals surface area (Å²) in [5, 5.41) is 10.5. The Morgan fingerprint density at radius 2 is 1.81 bits per heavy atom. The van der Waals surface area contributed by atoms with Crippen LogP contribution in [0.4, 0.5) is 10.1 Å². The predicted octanol–water partition coefficient (Wildman–Crippen LogP) is 2.72. The molecular weight excluding hydrogens is 281 g/mol. The van der Waals surface area contributed by atoms with Crippen molar-refractivity contribution in [3.63, 3.8) is 0 Å². The van der Waals surface area contributed by atoms with Crippen LogP contribution in [0.1, 0.15) is 0 Å². The largest absolute Gasteiger partial charge is 0.479 e. The maximum absolute atomic E-state index is 13.2. The third-order valence-corrected chi connectivity index (χ3v) is 2.46. The van der Waals surface area contributed by atoms with Crippen LogP contribution in [0.2, 0.25) is 0 Å². The van der Waals surface area contributed by atoms with Crippen LogP contribution in [0.3, 0.4) is 0 Å². The van der Waals surface area contributed by atoms with Crippen LogP contribution in [0.25, 0.3) is 0 Å². The lowest BCUT2D eigenvalue weighted by Crippen LogP contribution is -2.18. The van der Waals surface area contributed by atoms with E-state index in [-0.39, 0.29) is 17.2 Å². The van der Waals surface area contributed by atoms with Crippen LogP contribution in [-0.4, -0.2) is 17.5 Å². The number of carbonyl (C=O) groups excluding carboxylic acids is 1. The maximum Gasteiger partial charge on any atom is 0.349 e. The highest BCUT2D eigenvalue weighted by Crippen LogP contribution is 2.18. The first kappa shape index (κ1) is 14.4. The van der Waals surface area contributed by atoms with Crippen LogP contribution in [0, 0.1) is 15.9 Å². The van der Waals surface area contributed by atoms with E-state index in [1.807, 2.05) is 0 Å². The molecule has 0 bridgehead atoms. The number of non-ortho nitro benzene ring substituents is 1. The van der Waals surface area contributed by atoms with E-state index in [0.29, 0.717) is 0 Å². The molecule has 108 valence electrons. The molecule has 0 aliphatic carbocycles. The molecule has 2 aromatic rings. The number of ether oxygens (including phenoxy) is 2. The number of hydrogen-bond acceptors (Lipinski definition) is 5. The molecule has 0 radical (unpaired) electrons. The van der Waals surface area contributed by atoms with E-state index in [0.717, 1.165) is 0 Å². The summed E-state index contributed by atoms with van der Waals surface area (Å²) in [4.78, 5) is 21.4. The Hall–Kier alpha value is -2.96. The number of hydrogen-bond donors (Lipinski definition) is 0. The Kier molecular flexibility index (Phi) is 4.45. The Labute approximate surface area is 118 Å². The molecule has 0 saturated carbocycles. The SMILES string of the molecule is O=C(COc1ccccc1F)Oc1ccc([N+](=O)[O-])cc1. The standard InChI is InChI=1S/C14H10FNO5/c15-12-3-1-2-4-13(12)20-9-14(17)21-11-7-5-10(6-8-11)16(18)19/h1-8H,9H2. The molecule has 0 N–H and O–H groups in total. The normalized spacial score (nSPS) is 9.95. The topological polar surface area (TPSA) is 78.7 Å². The minimum atomic E-state index is -0.743. The van der Waals surface area contributed by atoms with Crippen LogP contribution in [-0.2, 0) is 4.79 Å². The van der Waals surface area contributed by atoms with Crippen molar-refractivity contribution < 1.29 is 23.6 Å². The van der Waals surface area contributed by atoms with E-state index in [9.17, 15) is 19.3 Å². The quantitative estimate of drug-likeness (QED) is 0.366. The zero-order valence-corrected chi connectivity index (χ0v) is 10.7. The van der Waals surface area contributed by atoms with Gasteiger partial charge in [-0.25, -0.2) is 9.18 Å².